The number of guanidine groups is 1. The molecule has 3 N–H and O–H groups in total. The standard InChI is InChI=1S/C32H44N4O3.C2H6/c1-20-12-10-11-13-23(20)25(17-30(3,4)5)34-21(2)22-14-15-26-24(16-22)28(32(8,39-26)19-38-9)36-27(37)18-31(6,7)35-29(36)33;1-2/h10-16,25,28,34H,2,17-19H2,1,3-9H3,(H2,33,35);1-2H3. The van der Waals surface area contributed by atoms with Gasteiger partial charge in [-0.2, -0.15) is 0 Å². The maximum atomic E-state index is 13.4. The van der Waals surface area contributed by atoms with Gasteiger partial charge in [-0.25, -0.2) is 4.99 Å². The number of hydrogen-bond donors (Lipinski definition) is 2. The fraction of sp³-hybridized carbons (Fsp3) is 0.529. The predicted molar refractivity (Wildman–Crippen MR) is 169 cm³/mol. The van der Waals surface area contributed by atoms with Crippen LogP contribution in [0.5, 0.6) is 5.75 Å². The van der Waals surface area contributed by atoms with Gasteiger partial charge in [0, 0.05) is 18.4 Å². The molecule has 2 aliphatic heterocycles. The number of nitrogens with two attached hydrogens (primary N) is 1. The molecule has 0 bridgehead atoms. The zero-order valence-corrected chi connectivity index (χ0v) is 26.7. The Hall–Kier alpha value is -3.32. The van der Waals surface area contributed by atoms with E-state index in [0.717, 1.165) is 23.2 Å². The van der Waals surface area contributed by atoms with E-state index in [1.54, 1.807) is 12.0 Å². The number of aryl methyl sites for hydroxylation is 1. The summed E-state index contributed by atoms with van der Waals surface area (Å²) in [6.45, 7) is 23.4. The van der Waals surface area contributed by atoms with Crippen molar-refractivity contribution in [3.8, 4) is 5.75 Å². The van der Waals surface area contributed by atoms with Crippen molar-refractivity contribution in [2.24, 2.45) is 16.1 Å². The summed E-state index contributed by atoms with van der Waals surface area (Å²) in [5.41, 5.74) is 10.3. The number of methoxy groups -OCH3 is 1. The summed E-state index contributed by atoms with van der Waals surface area (Å²) >= 11 is 0. The van der Waals surface area contributed by atoms with E-state index >= 15 is 0 Å². The van der Waals surface area contributed by atoms with E-state index in [-0.39, 0.29) is 36.4 Å². The average molecular weight is 563 g/mol. The first-order valence-corrected chi connectivity index (χ1v) is 14.6. The zero-order valence-electron chi connectivity index (χ0n) is 26.7. The van der Waals surface area contributed by atoms with Crippen molar-refractivity contribution in [1.82, 2.24) is 10.2 Å². The first-order chi connectivity index (χ1) is 19.1. The van der Waals surface area contributed by atoms with Gasteiger partial charge in [0.05, 0.1) is 24.6 Å². The maximum absolute atomic E-state index is 13.4. The van der Waals surface area contributed by atoms with Gasteiger partial charge in [0.15, 0.2) is 11.6 Å². The Morgan fingerprint density at radius 2 is 1.88 bits per heavy atom. The Kier molecular flexibility index (Phi) is 9.64. The number of aliphatic imine (C=N–C) groups is 1. The molecule has 2 aromatic carbocycles. The minimum atomic E-state index is -0.836. The highest BCUT2D eigenvalue weighted by molar-refractivity contribution is 5.99. The molecule has 0 aromatic heterocycles. The first kappa shape index (κ1) is 32.2. The molecule has 0 spiro atoms. The quantitative estimate of drug-likeness (QED) is 0.364. The van der Waals surface area contributed by atoms with Crippen molar-refractivity contribution in [3.63, 3.8) is 0 Å². The SMILES string of the molecule is C=C(NC(CC(C)(C)C)c1ccccc1C)c1ccc2c(c1)C(N1C(=O)CC(C)(C)N=C1N)C(C)(COC)O2.CC. The number of benzene rings is 2. The van der Waals surface area contributed by atoms with E-state index in [1.807, 2.05) is 46.8 Å². The molecule has 1 amide bonds. The molecule has 4 rings (SSSR count). The van der Waals surface area contributed by atoms with Gasteiger partial charge < -0.3 is 20.5 Å². The minimum absolute atomic E-state index is 0.0802. The summed E-state index contributed by atoms with van der Waals surface area (Å²) in [6.07, 6.45) is 1.20. The number of nitrogens with one attached hydrogen (secondary N) is 1. The van der Waals surface area contributed by atoms with Crippen molar-refractivity contribution in [3.05, 3.63) is 71.3 Å². The highest BCUT2D eigenvalue weighted by Crippen LogP contribution is 2.48. The lowest BCUT2D eigenvalue weighted by Crippen LogP contribution is -2.57. The summed E-state index contributed by atoms with van der Waals surface area (Å²) in [5.74, 6) is 0.822. The number of fused-ring (bicyclic) bond motifs is 1. The van der Waals surface area contributed by atoms with E-state index in [9.17, 15) is 4.79 Å². The molecule has 2 heterocycles. The zero-order chi connectivity index (χ0) is 30.8. The lowest BCUT2D eigenvalue weighted by molar-refractivity contribution is -0.135. The van der Waals surface area contributed by atoms with Crippen LogP contribution in [0.25, 0.3) is 5.70 Å². The molecule has 3 unspecified atom stereocenters. The molecular formula is C34H50N4O3. The molecular weight excluding hydrogens is 512 g/mol. The van der Waals surface area contributed by atoms with Crippen LogP contribution in [-0.4, -0.2) is 41.6 Å². The number of nitrogens with zero attached hydrogens (tertiary/aromatic N) is 2. The molecule has 0 saturated heterocycles. The van der Waals surface area contributed by atoms with E-state index in [2.05, 4.69) is 74.9 Å². The third kappa shape index (κ3) is 7.13. The van der Waals surface area contributed by atoms with Gasteiger partial charge >= 0.3 is 0 Å². The Morgan fingerprint density at radius 3 is 2.46 bits per heavy atom. The normalized spacial score (nSPS) is 22.1. The van der Waals surface area contributed by atoms with Gasteiger partial charge in [0.25, 0.3) is 0 Å². The lowest BCUT2D eigenvalue weighted by atomic mass is 9.84. The number of carbonyl (C=O) groups excluding carboxylic acids is 1. The topological polar surface area (TPSA) is 89.2 Å². The molecule has 7 heteroatoms. The third-order valence-electron chi connectivity index (χ3n) is 7.51. The number of carbonyl (C=O) groups is 1. The van der Waals surface area contributed by atoms with Crippen molar-refractivity contribution >= 4 is 17.6 Å². The number of hydrogen-bond acceptors (Lipinski definition) is 6. The molecule has 41 heavy (non-hydrogen) atoms. The monoisotopic (exact) mass is 562 g/mol. The second-order valence-corrected chi connectivity index (χ2v) is 13.0. The molecule has 2 aliphatic rings. The summed E-state index contributed by atoms with van der Waals surface area (Å²) in [5, 5.41) is 3.72. The second kappa shape index (κ2) is 12.3. The van der Waals surface area contributed by atoms with Crippen LogP contribution in [0.1, 0.15) is 103 Å². The van der Waals surface area contributed by atoms with Crippen LogP contribution in [0.2, 0.25) is 0 Å². The third-order valence-corrected chi connectivity index (χ3v) is 7.51. The summed E-state index contributed by atoms with van der Waals surface area (Å²) in [4.78, 5) is 19.7. The fourth-order valence-electron chi connectivity index (χ4n) is 5.87. The fourth-order valence-corrected chi connectivity index (χ4v) is 5.87. The second-order valence-electron chi connectivity index (χ2n) is 13.0. The Labute approximate surface area is 247 Å². The minimum Gasteiger partial charge on any atom is -0.482 e. The van der Waals surface area contributed by atoms with E-state index in [1.165, 1.54) is 11.1 Å². The largest absolute Gasteiger partial charge is 0.482 e. The van der Waals surface area contributed by atoms with Gasteiger partial charge in [0.1, 0.15) is 11.8 Å². The maximum Gasteiger partial charge on any atom is 0.232 e. The molecule has 2 aromatic rings. The number of ether oxygens (including phenoxy) is 2. The van der Waals surface area contributed by atoms with Gasteiger partial charge in [-0.05, 0) is 74.4 Å². The van der Waals surface area contributed by atoms with Crippen LogP contribution < -0.4 is 15.8 Å². The molecule has 224 valence electrons. The van der Waals surface area contributed by atoms with E-state index in [0.29, 0.717) is 5.75 Å². The number of rotatable bonds is 8. The molecule has 0 radical (unpaired) electrons. The molecule has 0 aliphatic carbocycles. The van der Waals surface area contributed by atoms with Crippen LogP contribution in [0.15, 0.2) is 54.0 Å². The van der Waals surface area contributed by atoms with Crippen molar-refractivity contribution in [1.29, 1.82) is 0 Å². The molecule has 0 saturated carbocycles. The first-order valence-electron chi connectivity index (χ1n) is 14.6. The Bertz CT molecular complexity index is 1290. The van der Waals surface area contributed by atoms with Crippen molar-refractivity contribution in [2.45, 2.75) is 98.4 Å². The van der Waals surface area contributed by atoms with Crippen LogP contribution in [-0.2, 0) is 9.53 Å². The summed E-state index contributed by atoms with van der Waals surface area (Å²) < 4.78 is 12.0. The lowest BCUT2D eigenvalue weighted by Gasteiger charge is -2.41. The molecule has 7 nitrogen and oxygen atoms in total. The summed E-state index contributed by atoms with van der Waals surface area (Å²) in [7, 11) is 1.63. The highest BCUT2D eigenvalue weighted by atomic mass is 16.5. The van der Waals surface area contributed by atoms with Crippen LogP contribution >= 0.6 is 0 Å². The number of amides is 1. The summed E-state index contributed by atoms with van der Waals surface area (Å²) in [6, 6.07) is 14.1. The van der Waals surface area contributed by atoms with Crippen molar-refractivity contribution in [2.75, 3.05) is 13.7 Å². The molecule has 3 atom stereocenters. The van der Waals surface area contributed by atoms with Crippen LogP contribution in [0.4, 0.5) is 0 Å². The van der Waals surface area contributed by atoms with Gasteiger partial charge in [-0.1, -0.05) is 65.5 Å². The smallest absolute Gasteiger partial charge is 0.232 e. The highest BCUT2D eigenvalue weighted by Gasteiger charge is 2.52. The van der Waals surface area contributed by atoms with Gasteiger partial charge in [-0.3, -0.25) is 9.69 Å². The Morgan fingerprint density at radius 1 is 1.22 bits per heavy atom. The Balaban J connectivity index is 0.00000226. The average Bonchev–Trinajstić information content (AvgIpc) is 3.14. The predicted octanol–water partition coefficient (Wildman–Crippen LogP) is 6.92. The van der Waals surface area contributed by atoms with E-state index in [4.69, 9.17) is 15.2 Å². The van der Waals surface area contributed by atoms with Crippen molar-refractivity contribution < 1.29 is 14.3 Å². The van der Waals surface area contributed by atoms with Crippen LogP contribution in [0, 0.1) is 12.3 Å². The van der Waals surface area contributed by atoms with Gasteiger partial charge in [0.2, 0.25) is 5.91 Å². The van der Waals surface area contributed by atoms with E-state index < -0.39 is 17.2 Å². The molecule has 0 fully saturated rings. The van der Waals surface area contributed by atoms with Crippen LogP contribution in [0.3, 0.4) is 0 Å². The van der Waals surface area contributed by atoms with Gasteiger partial charge in [-0.15, -0.1) is 0 Å².